The van der Waals surface area contributed by atoms with Gasteiger partial charge in [-0.3, -0.25) is 0 Å². The third kappa shape index (κ3) is 3.38. The van der Waals surface area contributed by atoms with E-state index in [9.17, 15) is 0 Å². The van der Waals surface area contributed by atoms with E-state index in [2.05, 4.69) is 53.3 Å². The summed E-state index contributed by atoms with van der Waals surface area (Å²) in [6.45, 7) is 10.7. The lowest BCUT2D eigenvalue weighted by Crippen LogP contribution is -2.38. The van der Waals surface area contributed by atoms with Gasteiger partial charge >= 0.3 is 0 Å². The van der Waals surface area contributed by atoms with Gasteiger partial charge in [0.15, 0.2) is 0 Å². The highest BCUT2D eigenvalue weighted by Gasteiger charge is 2.25. The van der Waals surface area contributed by atoms with Crippen molar-refractivity contribution in [1.29, 1.82) is 0 Å². The first kappa shape index (κ1) is 16.0. The average Bonchev–Trinajstić information content (AvgIpc) is 3.03. The van der Waals surface area contributed by atoms with Crippen molar-refractivity contribution in [3.05, 3.63) is 36.2 Å². The molecule has 1 aliphatic rings. The molecule has 5 nitrogen and oxygen atoms in total. The Balaban J connectivity index is 1.81. The van der Waals surface area contributed by atoms with Crippen LogP contribution in [0.1, 0.15) is 58.1 Å². The average molecular weight is 313 g/mol. The number of nitrogens with zero attached hydrogens (tertiary/aromatic N) is 5. The van der Waals surface area contributed by atoms with Crippen molar-refractivity contribution in [2.45, 2.75) is 58.4 Å². The Morgan fingerprint density at radius 3 is 2.78 bits per heavy atom. The van der Waals surface area contributed by atoms with E-state index >= 15 is 0 Å². The maximum Gasteiger partial charge on any atom is 0.225 e. The largest absolute Gasteiger partial charge is 0.339 e. The van der Waals surface area contributed by atoms with Crippen LogP contribution >= 0.6 is 0 Å². The van der Waals surface area contributed by atoms with Crippen LogP contribution in [-0.2, 0) is 11.8 Å². The lowest BCUT2D eigenvalue weighted by molar-refractivity contribution is 0.392. The lowest BCUT2D eigenvalue weighted by atomic mass is 9.92. The smallest absolute Gasteiger partial charge is 0.225 e. The molecule has 1 unspecified atom stereocenters. The summed E-state index contributed by atoms with van der Waals surface area (Å²) in [5, 5.41) is 0. The maximum absolute atomic E-state index is 4.82. The Labute approximate surface area is 138 Å². The monoisotopic (exact) mass is 313 g/mol. The molecule has 1 saturated heterocycles. The Morgan fingerprint density at radius 1 is 1.22 bits per heavy atom. The van der Waals surface area contributed by atoms with Crippen LogP contribution in [0.3, 0.4) is 0 Å². The Morgan fingerprint density at radius 2 is 2.04 bits per heavy atom. The van der Waals surface area contributed by atoms with Gasteiger partial charge in [0.05, 0.1) is 11.7 Å². The molecule has 3 rings (SSSR count). The van der Waals surface area contributed by atoms with Crippen LogP contribution in [0, 0.1) is 0 Å². The van der Waals surface area contributed by atoms with Crippen LogP contribution in [0.2, 0.25) is 0 Å². The molecular weight excluding hydrogens is 286 g/mol. The van der Waals surface area contributed by atoms with Crippen LogP contribution in [-0.4, -0.2) is 32.6 Å². The van der Waals surface area contributed by atoms with Gasteiger partial charge in [0.1, 0.15) is 5.82 Å². The fraction of sp³-hybridized carbons (Fsp3) is 0.611. The zero-order chi connectivity index (χ0) is 16.4. The van der Waals surface area contributed by atoms with Gasteiger partial charge in [-0.25, -0.2) is 15.0 Å². The van der Waals surface area contributed by atoms with Crippen molar-refractivity contribution < 1.29 is 0 Å². The first-order valence-corrected chi connectivity index (χ1v) is 8.59. The Bertz CT molecular complexity index is 655. The third-order valence-electron chi connectivity index (χ3n) is 4.55. The summed E-state index contributed by atoms with van der Waals surface area (Å²) < 4.78 is 2.33. The minimum atomic E-state index is 0.0482. The molecule has 1 fully saturated rings. The van der Waals surface area contributed by atoms with E-state index in [-0.39, 0.29) is 5.41 Å². The first-order valence-electron chi connectivity index (χ1n) is 8.59. The number of hydrogen-bond donors (Lipinski definition) is 0. The molecule has 0 N–H and O–H groups in total. The second kappa shape index (κ2) is 6.30. The van der Waals surface area contributed by atoms with Gasteiger partial charge in [0, 0.05) is 43.5 Å². The highest BCUT2D eigenvalue weighted by Crippen LogP contribution is 2.27. The molecule has 1 atom stereocenters. The van der Waals surface area contributed by atoms with E-state index in [0.717, 1.165) is 37.6 Å². The molecule has 0 aromatic carbocycles. The van der Waals surface area contributed by atoms with Gasteiger partial charge in [-0.1, -0.05) is 27.7 Å². The number of aromatic nitrogens is 4. The van der Waals surface area contributed by atoms with Crippen molar-refractivity contribution in [3.8, 4) is 0 Å². The highest BCUT2D eigenvalue weighted by atomic mass is 15.3. The van der Waals surface area contributed by atoms with Crippen LogP contribution < -0.4 is 4.90 Å². The molecular formula is C18H27N5. The highest BCUT2D eigenvalue weighted by molar-refractivity contribution is 5.33. The second-order valence-electron chi connectivity index (χ2n) is 7.34. The molecule has 0 bridgehead atoms. The first-order chi connectivity index (χ1) is 11.0. The summed E-state index contributed by atoms with van der Waals surface area (Å²) >= 11 is 0. The van der Waals surface area contributed by atoms with Crippen LogP contribution in [0.4, 0.5) is 5.95 Å². The molecule has 2 aromatic rings. The van der Waals surface area contributed by atoms with E-state index in [0.29, 0.717) is 6.04 Å². The number of imidazole rings is 1. The summed E-state index contributed by atoms with van der Waals surface area (Å²) in [7, 11) is 0. The minimum Gasteiger partial charge on any atom is -0.339 e. The van der Waals surface area contributed by atoms with Crippen molar-refractivity contribution in [2.24, 2.45) is 0 Å². The summed E-state index contributed by atoms with van der Waals surface area (Å²) in [4.78, 5) is 16.1. The lowest BCUT2D eigenvalue weighted by Gasteiger charge is -2.34. The Kier molecular flexibility index (Phi) is 4.37. The second-order valence-corrected chi connectivity index (χ2v) is 7.34. The molecule has 0 radical (unpaired) electrons. The maximum atomic E-state index is 4.82. The quantitative estimate of drug-likeness (QED) is 0.871. The fourth-order valence-electron chi connectivity index (χ4n) is 3.23. The number of rotatable bonds is 3. The van der Waals surface area contributed by atoms with Gasteiger partial charge in [0.2, 0.25) is 5.95 Å². The SMILES string of the molecule is CCc1nccn1C1CCCN(c2nccc(C(C)(C)C)n2)C1. The van der Waals surface area contributed by atoms with Crippen molar-refractivity contribution in [1.82, 2.24) is 19.5 Å². The molecule has 124 valence electrons. The fourth-order valence-corrected chi connectivity index (χ4v) is 3.23. The van der Waals surface area contributed by atoms with Crippen molar-refractivity contribution in [2.75, 3.05) is 18.0 Å². The molecule has 3 heterocycles. The topological polar surface area (TPSA) is 46.8 Å². The van der Waals surface area contributed by atoms with Crippen LogP contribution in [0.25, 0.3) is 0 Å². The molecule has 0 amide bonds. The van der Waals surface area contributed by atoms with Crippen LogP contribution in [0.5, 0.6) is 0 Å². The molecule has 5 heteroatoms. The summed E-state index contributed by atoms with van der Waals surface area (Å²) in [5.41, 5.74) is 1.15. The minimum absolute atomic E-state index is 0.0482. The standard InChI is InChI=1S/C18H27N5/c1-5-16-19-10-12-23(16)14-7-6-11-22(13-14)17-20-9-8-15(21-17)18(2,3)4/h8-10,12,14H,5-7,11,13H2,1-4H3. The predicted octanol–water partition coefficient (Wildman–Crippen LogP) is 3.37. The van der Waals surface area contributed by atoms with E-state index in [1.54, 1.807) is 0 Å². The number of aryl methyl sites for hydroxylation is 1. The number of anilines is 1. The van der Waals surface area contributed by atoms with E-state index in [4.69, 9.17) is 4.98 Å². The molecule has 2 aromatic heterocycles. The molecule has 0 aliphatic carbocycles. The number of piperidine rings is 1. The van der Waals surface area contributed by atoms with Gasteiger partial charge in [-0.2, -0.15) is 0 Å². The van der Waals surface area contributed by atoms with Crippen molar-refractivity contribution in [3.63, 3.8) is 0 Å². The van der Waals surface area contributed by atoms with E-state index in [1.165, 1.54) is 12.2 Å². The molecule has 0 spiro atoms. The van der Waals surface area contributed by atoms with Gasteiger partial charge in [0.25, 0.3) is 0 Å². The van der Waals surface area contributed by atoms with Crippen molar-refractivity contribution >= 4 is 5.95 Å². The Hall–Kier alpha value is -1.91. The zero-order valence-corrected chi connectivity index (χ0v) is 14.7. The molecule has 0 saturated carbocycles. The zero-order valence-electron chi connectivity index (χ0n) is 14.7. The van der Waals surface area contributed by atoms with Gasteiger partial charge < -0.3 is 9.47 Å². The normalized spacial score (nSPS) is 19.1. The van der Waals surface area contributed by atoms with Crippen LogP contribution in [0.15, 0.2) is 24.7 Å². The number of hydrogen-bond acceptors (Lipinski definition) is 4. The predicted molar refractivity (Wildman–Crippen MR) is 92.8 cm³/mol. The summed E-state index contributed by atoms with van der Waals surface area (Å²) in [6, 6.07) is 2.48. The van der Waals surface area contributed by atoms with Gasteiger partial charge in [-0.15, -0.1) is 0 Å². The summed E-state index contributed by atoms with van der Waals surface area (Å²) in [5.74, 6) is 2.03. The van der Waals surface area contributed by atoms with E-state index < -0.39 is 0 Å². The van der Waals surface area contributed by atoms with E-state index in [1.807, 2.05) is 18.5 Å². The van der Waals surface area contributed by atoms with Gasteiger partial charge in [-0.05, 0) is 18.9 Å². The molecule has 23 heavy (non-hydrogen) atoms. The molecule has 1 aliphatic heterocycles. The summed E-state index contributed by atoms with van der Waals surface area (Å²) in [6.07, 6.45) is 9.24. The third-order valence-corrected chi connectivity index (χ3v) is 4.55.